The van der Waals surface area contributed by atoms with Gasteiger partial charge in [0.15, 0.2) is 0 Å². The summed E-state index contributed by atoms with van der Waals surface area (Å²) >= 11 is 0. The topological polar surface area (TPSA) is 12.5 Å². The van der Waals surface area contributed by atoms with Crippen molar-refractivity contribution in [3.05, 3.63) is 64.7 Å². The minimum absolute atomic E-state index is 0.643. The van der Waals surface area contributed by atoms with Crippen molar-refractivity contribution in [1.82, 2.24) is 4.90 Å². The fraction of sp³-hybridized carbons (Fsp3) is 0.478. The largest absolute Gasteiger partial charge is 0.489 e. The maximum absolute atomic E-state index is 6.15. The quantitative estimate of drug-likeness (QED) is 0.693. The third-order valence-corrected chi connectivity index (χ3v) is 5.40. The Kier molecular flexibility index (Phi) is 6.14. The molecule has 1 saturated heterocycles. The molecule has 0 spiro atoms. The van der Waals surface area contributed by atoms with Crippen LogP contribution in [0, 0.1) is 13.8 Å². The average molecular weight is 338 g/mol. The summed E-state index contributed by atoms with van der Waals surface area (Å²) in [6.45, 7) is 10.9. The average Bonchev–Trinajstić information content (AvgIpc) is 2.62. The molecule has 25 heavy (non-hydrogen) atoms. The van der Waals surface area contributed by atoms with Gasteiger partial charge in [-0.15, -0.1) is 0 Å². The number of rotatable bonds is 6. The predicted octanol–water partition coefficient (Wildman–Crippen LogP) is 5.47. The van der Waals surface area contributed by atoms with Crippen LogP contribution in [0.3, 0.4) is 0 Å². The molecule has 1 unspecified atom stereocenters. The van der Waals surface area contributed by atoms with Gasteiger partial charge in [0.1, 0.15) is 12.4 Å². The first-order valence-electron chi connectivity index (χ1n) is 9.67. The van der Waals surface area contributed by atoms with E-state index in [1.165, 1.54) is 61.2 Å². The summed E-state index contributed by atoms with van der Waals surface area (Å²) in [7, 11) is 0. The normalized spacial score (nSPS) is 18.3. The van der Waals surface area contributed by atoms with Gasteiger partial charge in [-0.05, 0) is 86.5 Å². The van der Waals surface area contributed by atoms with Gasteiger partial charge in [-0.25, -0.2) is 0 Å². The van der Waals surface area contributed by atoms with E-state index < -0.39 is 0 Å². The molecular weight excluding hydrogens is 306 g/mol. The number of benzene rings is 2. The van der Waals surface area contributed by atoms with Crippen molar-refractivity contribution in [1.29, 1.82) is 0 Å². The molecule has 2 aromatic carbocycles. The number of hydrogen-bond donors (Lipinski definition) is 0. The van der Waals surface area contributed by atoms with Crippen molar-refractivity contribution >= 4 is 0 Å². The van der Waals surface area contributed by atoms with Crippen LogP contribution in [0.1, 0.15) is 54.4 Å². The molecule has 0 N–H and O–H groups in total. The van der Waals surface area contributed by atoms with E-state index >= 15 is 0 Å². The molecule has 134 valence electrons. The van der Waals surface area contributed by atoms with Gasteiger partial charge in [0.25, 0.3) is 0 Å². The van der Waals surface area contributed by atoms with Gasteiger partial charge < -0.3 is 9.64 Å². The van der Waals surface area contributed by atoms with Crippen molar-refractivity contribution in [2.75, 3.05) is 19.6 Å². The van der Waals surface area contributed by atoms with Crippen molar-refractivity contribution < 1.29 is 4.74 Å². The Morgan fingerprint density at radius 2 is 1.84 bits per heavy atom. The Morgan fingerprint density at radius 1 is 1.08 bits per heavy atom. The van der Waals surface area contributed by atoms with Crippen LogP contribution in [0.5, 0.6) is 5.75 Å². The molecule has 0 radical (unpaired) electrons. The summed E-state index contributed by atoms with van der Waals surface area (Å²) in [5, 5.41) is 0. The Labute approximate surface area is 152 Å². The minimum Gasteiger partial charge on any atom is -0.489 e. The maximum Gasteiger partial charge on any atom is 0.120 e. The summed E-state index contributed by atoms with van der Waals surface area (Å²) < 4.78 is 6.15. The fourth-order valence-corrected chi connectivity index (χ4v) is 3.94. The number of nitrogens with zero attached hydrogens (tertiary/aromatic N) is 1. The second kappa shape index (κ2) is 8.53. The monoisotopic (exact) mass is 337 g/mol. The smallest absolute Gasteiger partial charge is 0.120 e. The lowest BCUT2D eigenvalue weighted by atomic mass is 9.90. The van der Waals surface area contributed by atoms with E-state index in [1.54, 1.807) is 0 Å². The van der Waals surface area contributed by atoms with Gasteiger partial charge in [-0.2, -0.15) is 0 Å². The second-order valence-electron chi connectivity index (χ2n) is 7.37. The van der Waals surface area contributed by atoms with E-state index in [4.69, 9.17) is 4.74 Å². The van der Waals surface area contributed by atoms with Crippen LogP contribution in [0.4, 0.5) is 0 Å². The van der Waals surface area contributed by atoms with Crippen molar-refractivity contribution in [2.45, 2.75) is 52.6 Å². The van der Waals surface area contributed by atoms with Crippen molar-refractivity contribution in [2.24, 2.45) is 0 Å². The molecule has 3 rings (SSSR count). The Hall–Kier alpha value is -1.80. The zero-order valence-electron chi connectivity index (χ0n) is 15.9. The van der Waals surface area contributed by atoms with Crippen LogP contribution in [0.25, 0.3) is 0 Å². The number of aryl methyl sites for hydroxylation is 2. The minimum atomic E-state index is 0.643. The second-order valence-corrected chi connectivity index (χ2v) is 7.37. The SMILES string of the molecule is CCCN1CCCC(c2cccc(OCc3c(C)cccc3C)c2)C1. The van der Waals surface area contributed by atoms with Crippen molar-refractivity contribution in [3.63, 3.8) is 0 Å². The van der Waals surface area contributed by atoms with Crippen LogP contribution in [-0.2, 0) is 6.61 Å². The van der Waals surface area contributed by atoms with E-state index in [0.29, 0.717) is 12.5 Å². The van der Waals surface area contributed by atoms with E-state index in [1.807, 2.05) is 0 Å². The summed E-state index contributed by atoms with van der Waals surface area (Å²) in [5.41, 5.74) is 5.34. The first kappa shape index (κ1) is 18.0. The number of likely N-dealkylation sites (tertiary alicyclic amines) is 1. The number of piperidine rings is 1. The van der Waals surface area contributed by atoms with Gasteiger partial charge in [0.05, 0.1) is 0 Å². The molecule has 0 amide bonds. The maximum atomic E-state index is 6.15. The molecule has 2 aromatic rings. The molecule has 1 heterocycles. The Bertz CT molecular complexity index is 672. The first-order chi connectivity index (χ1) is 12.2. The predicted molar refractivity (Wildman–Crippen MR) is 105 cm³/mol. The van der Waals surface area contributed by atoms with Gasteiger partial charge in [-0.3, -0.25) is 0 Å². The summed E-state index contributed by atoms with van der Waals surface area (Å²) in [4.78, 5) is 2.61. The fourth-order valence-electron chi connectivity index (χ4n) is 3.94. The summed E-state index contributed by atoms with van der Waals surface area (Å²) in [6.07, 6.45) is 3.84. The van der Waals surface area contributed by atoms with Crippen LogP contribution < -0.4 is 4.74 Å². The lowest BCUT2D eigenvalue weighted by Crippen LogP contribution is -2.34. The molecule has 1 fully saturated rings. The molecule has 0 bridgehead atoms. The Morgan fingerprint density at radius 3 is 2.60 bits per heavy atom. The Balaban J connectivity index is 1.67. The molecule has 2 heteroatoms. The molecule has 0 aliphatic carbocycles. The van der Waals surface area contributed by atoms with E-state index in [2.05, 4.69) is 68.1 Å². The van der Waals surface area contributed by atoms with Crippen LogP contribution >= 0.6 is 0 Å². The molecule has 0 aromatic heterocycles. The zero-order chi connectivity index (χ0) is 17.6. The lowest BCUT2D eigenvalue weighted by molar-refractivity contribution is 0.208. The number of ether oxygens (including phenoxy) is 1. The lowest BCUT2D eigenvalue weighted by Gasteiger charge is -2.32. The summed E-state index contributed by atoms with van der Waals surface area (Å²) in [6, 6.07) is 15.2. The third kappa shape index (κ3) is 4.64. The van der Waals surface area contributed by atoms with E-state index in [-0.39, 0.29) is 0 Å². The molecular formula is C23H31NO. The van der Waals surface area contributed by atoms with Gasteiger partial charge >= 0.3 is 0 Å². The van der Waals surface area contributed by atoms with Gasteiger partial charge in [0.2, 0.25) is 0 Å². The molecule has 1 atom stereocenters. The third-order valence-electron chi connectivity index (χ3n) is 5.40. The van der Waals surface area contributed by atoms with Gasteiger partial charge in [0, 0.05) is 6.54 Å². The van der Waals surface area contributed by atoms with Crippen LogP contribution in [0.2, 0.25) is 0 Å². The molecule has 1 aliphatic rings. The van der Waals surface area contributed by atoms with Crippen LogP contribution in [0.15, 0.2) is 42.5 Å². The van der Waals surface area contributed by atoms with Crippen LogP contribution in [-0.4, -0.2) is 24.5 Å². The molecule has 1 aliphatic heterocycles. The summed E-state index contributed by atoms with van der Waals surface area (Å²) in [5.74, 6) is 1.64. The highest BCUT2D eigenvalue weighted by Crippen LogP contribution is 2.29. The number of hydrogen-bond acceptors (Lipinski definition) is 2. The van der Waals surface area contributed by atoms with Gasteiger partial charge in [-0.1, -0.05) is 37.3 Å². The highest BCUT2D eigenvalue weighted by molar-refractivity contribution is 5.35. The highest BCUT2D eigenvalue weighted by Gasteiger charge is 2.21. The highest BCUT2D eigenvalue weighted by atomic mass is 16.5. The van der Waals surface area contributed by atoms with E-state index in [0.717, 1.165) is 5.75 Å². The molecule has 0 saturated carbocycles. The molecule has 2 nitrogen and oxygen atoms in total. The standard InChI is InChI=1S/C23H31NO/c1-4-13-24-14-7-11-21(16-24)20-10-6-12-22(15-20)25-17-23-18(2)8-5-9-19(23)3/h5-6,8-10,12,15,21H,4,7,11,13-14,16-17H2,1-3H3. The first-order valence-corrected chi connectivity index (χ1v) is 9.67. The van der Waals surface area contributed by atoms with Crippen molar-refractivity contribution in [3.8, 4) is 5.75 Å². The zero-order valence-corrected chi connectivity index (χ0v) is 15.9. The van der Waals surface area contributed by atoms with E-state index in [9.17, 15) is 0 Å².